The molecule has 3 unspecified atom stereocenters. The molecule has 1 aromatic heterocycles. The van der Waals surface area contributed by atoms with Crippen molar-refractivity contribution in [3.8, 4) is 0 Å². The second-order valence-electron chi connectivity index (χ2n) is 5.34. The van der Waals surface area contributed by atoms with Crippen molar-refractivity contribution in [1.82, 2.24) is 0 Å². The molecular weight excluding hydrogens is 332 g/mol. The quantitative estimate of drug-likeness (QED) is 0.733. The van der Waals surface area contributed by atoms with Crippen molar-refractivity contribution in [2.24, 2.45) is 5.92 Å². The lowest BCUT2D eigenvalue weighted by Gasteiger charge is -2.28. The van der Waals surface area contributed by atoms with Crippen molar-refractivity contribution in [2.45, 2.75) is 39.2 Å². The zero-order chi connectivity index (χ0) is 14.7. The minimum Gasteiger partial charge on any atom is -0.387 e. The predicted octanol–water partition coefficient (Wildman–Crippen LogP) is 5.68. The van der Waals surface area contributed by atoms with E-state index in [1.807, 2.05) is 18.2 Å². The SMILES string of the molecule is CCC(C)C(c1ccccc1)C(O)c1sc(C)cc1Br. The zero-order valence-corrected chi connectivity index (χ0v) is 14.5. The Balaban J connectivity index is 2.39. The Morgan fingerprint density at radius 2 is 1.90 bits per heavy atom. The summed E-state index contributed by atoms with van der Waals surface area (Å²) >= 11 is 5.26. The number of thiophene rings is 1. The summed E-state index contributed by atoms with van der Waals surface area (Å²) in [5, 5.41) is 10.9. The Bertz CT molecular complexity index is 549. The van der Waals surface area contributed by atoms with Gasteiger partial charge in [-0.2, -0.15) is 0 Å². The van der Waals surface area contributed by atoms with Gasteiger partial charge in [-0.05, 0) is 40.4 Å². The summed E-state index contributed by atoms with van der Waals surface area (Å²) in [6.45, 7) is 6.48. The van der Waals surface area contributed by atoms with E-state index >= 15 is 0 Å². The number of aliphatic hydroxyl groups excluding tert-OH is 1. The summed E-state index contributed by atoms with van der Waals surface area (Å²) in [6, 6.07) is 12.4. The van der Waals surface area contributed by atoms with Gasteiger partial charge >= 0.3 is 0 Å². The first kappa shape index (κ1) is 15.7. The first-order valence-corrected chi connectivity index (χ1v) is 8.64. The van der Waals surface area contributed by atoms with Crippen LogP contribution in [0.3, 0.4) is 0 Å². The van der Waals surface area contributed by atoms with Crippen LogP contribution in [-0.4, -0.2) is 5.11 Å². The first-order valence-electron chi connectivity index (χ1n) is 7.03. The first-order chi connectivity index (χ1) is 9.54. The lowest BCUT2D eigenvalue weighted by atomic mass is 9.81. The number of hydrogen-bond donors (Lipinski definition) is 1. The molecule has 2 rings (SSSR count). The van der Waals surface area contributed by atoms with Crippen molar-refractivity contribution in [3.63, 3.8) is 0 Å². The molecule has 0 spiro atoms. The summed E-state index contributed by atoms with van der Waals surface area (Å²) in [4.78, 5) is 2.26. The van der Waals surface area contributed by atoms with Crippen LogP contribution in [0, 0.1) is 12.8 Å². The van der Waals surface area contributed by atoms with Gasteiger partial charge in [-0.15, -0.1) is 11.3 Å². The Morgan fingerprint density at radius 3 is 2.40 bits per heavy atom. The van der Waals surface area contributed by atoms with E-state index in [0.29, 0.717) is 5.92 Å². The monoisotopic (exact) mass is 352 g/mol. The fourth-order valence-electron chi connectivity index (χ4n) is 2.62. The molecule has 1 N–H and O–H groups in total. The largest absolute Gasteiger partial charge is 0.387 e. The zero-order valence-electron chi connectivity index (χ0n) is 12.1. The van der Waals surface area contributed by atoms with Crippen molar-refractivity contribution in [3.05, 3.63) is 56.2 Å². The molecule has 2 aromatic rings. The van der Waals surface area contributed by atoms with E-state index in [-0.39, 0.29) is 5.92 Å². The molecule has 0 saturated heterocycles. The van der Waals surface area contributed by atoms with Gasteiger partial charge < -0.3 is 5.11 Å². The standard InChI is InChI=1S/C17H21BrOS/c1-4-11(2)15(13-8-6-5-7-9-13)16(19)17-14(18)10-12(3)20-17/h5-11,15-16,19H,4H2,1-3H3. The summed E-state index contributed by atoms with van der Waals surface area (Å²) in [5.41, 5.74) is 1.22. The Labute approximate surface area is 133 Å². The molecule has 0 fully saturated rings. The maximum absolute atomic E-state index is 10.9. The average Bonchev–Trinajstić information content (AvgIpc) is 2.79. The number of hydrogen-bond acceptors (Lipinski definition) is 2. The van der Waals surface area contributed by atoms with Gasteiger partial charge in [0.05, 0.1) is 6.10 Å². The normalized spacial score (nSPS) is 15.8. The molecular formula is C17H21BrOS. The Kier molecular flexibility index (Phi) is 5.42. The average molecular weight is 353 g/mol. The van der Waals surface area contributed by atoms with E-state index in [0.717, 1.165) is 15.8 Å². The number of halogens is 1. The number of aliphatic hydroxyl groups is 1. The molecule has 0 aliphatic rings. The number of aryl methyl sites for hydroxylation is 1. The van der Waals surface area contributed by atoms with Crippen molar-refractivity contribution >= 4 is 27.3 Å². The maximum atomic E-state index is 10.9. The highest BCUT2D eigenvalue weighted by Crippen LogP contribution is 2.43. The van der Waals surface area contributed by atoms with Crippen LogP contribution in [0.15, 0.2) is 40.9 Å². The molecule has 0 amide bonds. The third-order valence-corrected chi connectivity index (χ3v) is 5.93. The van der Waals surface area contributed by atoms with Crippen molar-refractivity contribution in [2.75, 3.05) is 0 Å². The highest BCUT2D eigenvalue weighted by atomic mass is 79.9. The maximum Gasteiger partial charge on any atom is 0.0964 e. The van der Waals surface area contributed by atoms with E-state index in [1.54, 1.807) is 11.3 Å². The Morgan fingerprint density at radius 1 is 1.25 bits per heavy atom. The molecule has 0 bridgehead atoms. The van der Waals surface area contributed by atoms with E-state index in [1.165, 1.54) is 10.4 Å². The summed E-state index contributed by atoms with van der Waals surface area (Å²) in [6.07, 6.45) is 0.596. The van der Waals surface area contributed by atoms with Crippen LogP contribution in [0.1, 0.15) is 47.6 Å². The van der Waals surface area contributed by atoms with Gasteiger partial charge in [0.1, 0.15) is 0 Å². The fourth-order valence-corrected chi connectivity index (χ4v) is 4.54. The molecule has 1 heterocycles. The summed E-state index contributed by atoms with van der Waals surface area (Å²) < 4.78 is 1.02. The van der Waals surface area contributed by atoms with Crippen LogP contribution in [0.4, 0.5) is 0 Å². The molecule has 0 saturated carbocycles. The summed E-state index contributed by atoms with van der Waals surface area (Å²) in [7, 11) is 0. The van der Waals surface area contributed by atoms with E-state index in [2.05, 4.69) is 54.9 Å². The minimum absolute atomic E-state index is 0.135. The second-order valence-corrected chi connectivity index (χ2v) is 7.48. The van der Waals surface area contributed by atoms with Crippen LogP contribution < -0.4 is 0 Å². The predicted molar refractivity (Wildman–Crippen MR) is 90.4 cm³/mol. The van der Waals surface area contributed by atoms with Gasteiger partial charge in [0.15, 0.2) is 0 Å². The molecule has 0 aliphatic carbocycles. The van der Waals surface area contributed by atoms with Crippen LogP contribution in [0.5, 0.6) is 0 Å². The van der Waals surface area contributed by atoms with Crippen LogP contribution >= 0.6 is 27.3 Å². The van der Waals surface area contributed by atoms with E-state index in [4.69, 9.17) is 0 Å². The van der Waals surface area contributed by atoms with Crippen LogP contribution in [-0.2, 0) is 0 Å². The summed E-state index contributed by atoms with van der Waals surface area (Å²) in [5.74, 6) is 0.567. The van der Waals surface area contributed by atoms with Gasteiger partial charge in [0, 0.05) is 20.1 Å². The van der Waals surface area contributed by atoms with E-state index < -0.39 is 6.10 Å². The topological polar surface area (TPSA) is 20.2 Å². The molecule has 0 aliphatic heterocycles. The lowest BCUT2D eigenvalue weighted by Crippen LogP contribution is -2.17. The molecule has 108 valence electrons. The molecule has 3 heteroatoms. The van der Waals surface area contributed by atoms with Gasteiger partial charge in [-0.25, -0.2) is 0 Å². The number of benzene rings is 1. The molecule has 1 nitrogen and oxygen atoms in total. The third-order valence-electron chi connectivity index (χ3n) is 3.89. The molecule has 3 atom stereocenters. The number of rotatable bonds is 5. The molecule has 20 heavy (non-hydrogen) atoms. The van der Waals surface area contributed by atoms with E-state index in [9.17, 15) is 5.11 Å². The smallest absolute Gasteiger partial charge is 0.0964 e. The second kappa shape index (κ2) is 6.88. The highest BCUT2D eigenvalue weighted by molar-refractivity contribution is 9.10. The van der Waals surface area contributed by atoms with Crippen LogP contribution in [0.25, 0.3) is 0 Å². The van der Waals surface area contributed by atoms with Gasteiger partial charge in [0.2, 0.25) is 0 Å². The molecule has 0 radical (unpaired) electrons. The minimum atomic E-state index is -0.458. The van der Waals surface area contributed by atoms with Gasteiger partial charge in [-0.3, -0.25) is 0 Å². The lowest BCUT2D eigenvalue weighted by molar-refractivity contribution is 0.120. The van der Waals surface area contributed by atoms with Crippen molar-refractivity contribution < 1.29 is 5.11 Å². The molecule has 1 aromatic carbocycles. The van der Waals surface area contributed by atoms with Crippen molar-refractivity contribution in [1.29, 1.82) is 0 Å². The highest BCUT2D eigenvalue weighted by Gasteiger charge is 2.29. The van der Waals surface area contributed by atoms with Gasteiger partial charge in [-0.1, -0.05) is 50.6 Å². The third kappa shape index (κ3) is 3.33. The van der Waals surface area contributed by atoms with Crippen LogP contribution in [0.2, 0.25) is 0 Å². The fraction of sp³-hybridized carbons (Fsp3) is 0.412. The van der Waals surface area contributed by atoms with Gasteiger partial charge in [0.25, 0.3) is 0 Å². The Hall–Kier alpha value is -0.640.